The molecule has 0 spiro atoms. The molecule has 4 aromatic rings. The molecule has 0 saturated heterocycles. The SMILES string of the molecule is NC1CCC(Nc2nccc(-c3cncnc3Oc3ccc(NS(=O)(=O)c4ccccc4)cc3F)n2)CC1. The molecule has 0 unspecified atom stereocenters. The normalized spacial score (nSPS) is 17.5. The standard InChI is InChI=1S/C26H26FN7O3S/c27-22-14-19(34-38(35,36)20-4-2-1-3-5-20)10-11-24(22)37-25-21(15-29-16-31-25)23-12-13-30-26(33-23)32-18-8-6-17(28)7-9-18/h1-5,10-18,34H,6-9,28H2,(H,30,32,33). The van der Waals surface area contributed by atoms with Gasteiger partial charge in [-0.05, 0) is 56.0 Å². The van der Waals surface area contributed by atoms with Crippen LogP contribution in [-0.2, 0) is 10.0 Å². The molecule has 5 rings (SSSR count). The van der Waals surface area contributed by atoms with Crippen LogP contribution in [0.25, 0.3) is 11.3 Å². The van der Waals surface area contributed by atoms with Crippen LogP contribution in [-0.4, -0.2) is 40.4 Å². The second-order valence-corrected chi connectivity index (χ2v) is 10.6. The number of anilines is 2. The highest BCUT2D eigenvalue weighted by Gasteiger charge is 2.20. The average Bonchev–Trinajstić information content (AvgIpc) is 2.92. The predicted molar refractivity (Wildman–Crippen MR) is 141 cm³/mol. The van der Waals surface area contributed by atoms with Crippen LogP contribution >= 0.6 is 0 Å². The van der Waals surface area contributed by atoms with Crippen molar-refractivity contribution in [3.63, 3.8) is 0 Å². The third-order valence-corrected chi connectivity index (χ3v) is 7.55. The number of nitrogens with two attached hydrogens (primary N) is 1. The molecular formula is C26H26FN7O3S. The summed E-state index contributed by atoms with van der Waals surface area (Å²) >= 11 is 0. The number of sulfonamides is 1. The number of nitrogens with zero attached hydrogens (tertiary/aromatic N) is 4. The van der Waals surface area contributed by atoms with Crippen molar-refractivity contribution in [2.24, 2.45) is 5.73 Å². The van der Waals surface area contributed by atoms with E-state index in [1.54, 1.807) is 30.5 Å². The van der Waals surface area contributed by atoms with Gasteiger partial charge >= 0.3 is 0 Å². The van der Waals surface area contributed by atoms with Gasteiger partial charge in [0.15, 0.2) is 11.6 Å². The minimum absolute atomic E-state index is 0.0526. The molecule has 0 radical (unpaired) electrons. The van der Waals surface area contributed by atoms with E-state index in [9.17, 15) is 12.8 Å². The quantitative estimate of drug-likeness (QED) is 0.300. The maximum absolute atomic E-state index is 15.0. The van der Waals surface area contributed by atoms with Crippen LogP contribution < -0.4 is 20.5 Å². The zero-order chi connectivity index (χ0) is 26.5. The molecule has 38 heavy (non-hydrogen) atoms. The summed E-state index contributed by atoms with van der Waals surface area (Å²) in [4.78, 5) is 17.2. The molecule has 1 aliphatic carbocycles. The second kappa shape index (κ2) is 11.1. The molecule has 0 amide bonds. The smallest absolute Gasteiger partial charge is 0.261 e. The molecule has 1 saturated carbocycles. The van der Waals surface area contributed by atoms with E-state index in [0.29, 0.717) is 17.2 Å². The summed E-state index contributed by atoms with van der Waals surface area (Å²) in [5.74, 6) is -0.370. The molecule has 2 aromatic carbocycles. The fraction of sp³-hybridized carbons (Fsp3) is 0.231. The van der Waals surface area contributed by atoms with Crippen LogP contribution in [0.15, 0.2) is 78.2 Å². The summed E-state index contributed by atoms with van der Waals surface area (Å²) in [5.41, 5.74) is 6.99. The lowest BCUT2D eigenvalue weighted by Crippen LogP contribution is -2.33. The van der Waals surface area contributed by atoms with E-state index in [-0.39, 0.29) is 34.3 Å². The van der Waals surface area contributed by atoms with Gasteiger partial charge in [0.05, 0.1) is 21.8 Å². The molecule has 0 aliphatic heterocycles. The van der Waals surface area contributed by atoms with Gasteiger partial charge in [-0.2, -0.15) is 0 Å². The van der Waals surface area contributed by atoms with E-state index < -0.39 is 15.8 Å². The fourth-order valence-electron chi connectivity index (χ4n) is 4.16. The van der Waals surface area contributed by atoms with Crippen molar-refractivity contribution < 1.29 is 17.5 Å². The Morgan fingerprint density at radius 1 is 1.00 bits per heavy atom. The van der Waals surface area contributed by atoms with Gasteiger partial charge in [-0.25, -0.2) is 32.7 Å². The first-order valence-corrected chi connectivity index (χ1v) is 13.6. The largest absolute Gasteiger partial charge is 0.435 e. The van der Waals surface area contributed by atoms with E-state index in [1.165, 1.54) is 36.8 Å². The molecule has 1 fully saturated rings. The summed E-state index contributed by atoms with van der Waals surface area (Å²) in [6, 6.07) is 13.7. The molecule has 12 heteroatoms. The fourth-order valence-corrected chi connectivity index (χ4v) is 5.24. The maximum Gasteiger partial charge on any atom is 0.261 e. The van der Waals surface area contributed by atoms with Gasteiger partial charge in [0, 0.05) is 30.5 Å². The maximum atomic E-state index is 15.0. The lowest BCUT2D eigenvalue weighted by Gasteiger charge is -2.26. The molecule has 2 heterocycles. The molecular weight excluding hydrogens is 509 g/mol. The van der Waals surface area contributed by atoms with Crippen molar-refractivity contribution in [3.8, 4) is 22.9 Å². The number of ether oxygens (including phenoxy) is 1. The summed E-state index contributed by atoms with van der Waals surface area (Å²) in [6.45, 7) is 0. The minimum atomic E-state index is -3.87. The highest BCUT2D eigenvalue weighted by Crippen LogP contribution is 2.32. The van der Waals surface area contributed by atoms with Gasteiger partial charge in [0.1, 0.15) is 6.33 Å². The highest BCUT2D eigenvalue weighted by atomic mass is 32.2. The van der Waals surface area contributed by atoms with Crippen molar-refractivity contribution >= 4 is 21.7 Å². The Labute approximate surface area is 219 Å². The third-order valence-electron chi connectivity index (χ3n) is 6.16. The van der Waals surface area contributed by atoms with E-state index in [4.69, 9.17) is 10.5 Å². The first-order valence-electron chi connectivity index (χ1n) is 12.1. The topological polar surface area (TPSA) is 145 Å². The van der Waals surface area contributed by atoms with E-state index in [2.05, 4.69) is 30.0 Å². The number of nitrogens with one attached hydrogen (secondary N) is 2. The molecule has 2 aromatic heterocycles. The Kier molecular flexibility index (Phi) is 7.43. The Morgan fingerprint density at radius 3 is 2.55 bits per heavy atom. The van der Waals surface area contributed by atoms with Crippen LogP contribution in [0.5, 0.6) is 11.6 Å². The monoisotopic (exact) mass is 535 g/mol. The van der Waals surface area contributed by atoms with Crippen LogP contribution in [0.2, 0.25) is 0 Å². The van der Waals surface area contributed by atoms with Crippen molar-refractivity contribution in [2.45, 2.75) is 42.7 Å². The summed E-state index contributed by atoms with van der Waals surface area (Å²) in [7, 11) is -3.87. The first-order chi connectivity index (χ1) is 18.4. The van der Waals surface area contributed by atoms with Crippen molar-refractivity contribution in [1.82, 2.24) is 19.9 Å². The second-order valence-electron chi connectivity index (χ2n) is 8.93. The molecule has 0 bridgehead atoms. The lowest BCUT2D eigenvalue weighted by atomic mass is 9.92. The van der Waals surface area contributed by atoms with Gasteiger partial charge in [-0.1, -0.05) is 18.2 Å². The van der Waals surface area contributed by atoms with E-state index in [0.717, 1.165) is 31.7 Å². The van der Waals surface area contributed by atoms with Crippen molar-refractivity contribution in [3.05, 3.63) is 79.1 Å². The molecule has 0 atom stereocenters. The zero-order valence-corrected chi connectivity index (χ0v) is 21.1. The Morgan fingerprint density at radius 2 is 1.79 bits per heavy atom. The van der Waals surface area contributed by atoms with Crippen molar-refractivity contribution in [1.29, 1.82) is 0 Å². The van der Waals surface area contributed by atoms with Crippen LogP contribution in [0.4, 0.5) is 16.0 Å². The average molecular weight is 536 g/mol. The Balaban J connectivity index is 1.33. The van der Waals surface area contributed by atoms with Gasteiger partial charge in [-0.3, -0.25) is 4.72 Å². The third kappa shape index (κ3) is 6.03. The summed E-state index contributed by atoms with van der Waals surface area (Å²) in [5, 5.41) is 3.35. The summed E-state index contributed by atoms with van der Waals surface area (Å²) < 4.78 is 48.2. The minimum Gasteiger partial charge on any atom is -0.435 e. The number of rotatable bonds is 8. The number of aromatic nitrogens is 4. The van der Waals surface area contributed by atoms with Crippen LogP contribution in [0, 0.1) is 5.82 Å². The van der Waals surface area contributed by atoms with E-state index >= 15 is 0 Å². The number of halogens is 1. The zero-order valence-electron chi connectivity index (χ0n) is 20.3. The number of hydrogen-bond acceptors (Lipinski definition) is 9. The lowest BCUT2D eigenvalue weighted by molar-refractivity contribution is 0.410. The number of hydrogen-bond donors (Lipinski definition) is 3. The summed E-state index contributed by atoms with van der Waals surface area (Å²) in [6.07, 6.45) is 8.19. The molecule has 1 aliphatic rings. The number of benzene rings is 2. The van der Waals surface area contributed by atoms with Crippen molar-refractivity contribution in [2.75, 3.05) is 10.0 Å². The highest BCUT2D eigenvalue weighted by molar-refractivity contribution is 7.92. The van der Waals surface area contributed by atoms with Gasteiger partial charge in [0.25, 0.3) is 10.0 Å². The van der Waals surface area contributed by atoms with Crippen LogP contribution in [0.1, 0.15) is 25.7 Å². The molecule has 4 N–H and O–H groups in total. The van der Waals surface area contributed by atoms with Gasteiger partial charge in [-0.15, -0.1) is 0 Å². The molecule has 10 nitrogen and oxygen atoms in total. The Bertz CT molecular complexity index is 1510. The molecule has 196 valence electrons. The predicted octanol–water partition coefficient (Wildman–Crippen LogP) is 4.35. The first kappa shape index (κ1) is 25.5. The van der Waals surface area contributed by atoms with E-state index in [1.807, 2.05) is 0 Å². The van der Waals surface area contributed by atoms with Gasteiger partial charge in [0.2, 0.25) is 11.8 Å². The van der Waals surface area contributed by atoms with Gasteiger partial charge < -0.3 is 15.8 Å². The Hall–Kier alpha value is -4.16. The van der Waals surface area contributed by atoms with Crippen LogP contribution in [0.3, 0.4) is 0 Å².